The number of aliphatic imine (C=N–C) groups is 2. The molecule has 3 aromatic carbocycles. The quantitative estimate of drug-likeness (QED) is 0.224. The molecule has 1 saturated heterocycles. The molecule has 0 radical (unpaired) electrons. The van der Waals surface area contributed by atoms with E-state index in [0.29, 0.717) is 11.5 Å². The Hall–Kier alpha value is -3.44. The molecule has 1 heterocycles. The van der Waals surface area contributed by atoms with Crippen LogP contribution in [-0.4, -0.2) is 52.7 Å². The molecule has 12 rings (SSSR count). The van der Waals surface area contributed by atoms with Gasteiger partial charge in [-0.2, -0.15) is 0 Å². The highest BCUT2D eigenvalue weighted by atomic mass is 16.3. The van der Waals surface area contributed by atoms with Gasteiger partial charge in [-0.3, -0.25) is 14.9 Å². The van der Waals surface area contributed by atoms with Gasteiger partial charge in [-0.15, -0.1) is 0 Å². The maximum absolute atomic E-state index is 12.3. The molecule has 5 heteroatoms. The van der Waals surface area contributed by atoms with Gasteiger partial charge in [-0.05, 0) is 163 Å². The predicted molar refractivity (Wildman–Crippen MR) is 238 cm³/mol. The SMILES string of the molecule is CC(C)(C)c1cc(C=N[C@@H]2CN(Cc3ccccc3)C[C@H]2N=Cc2cc(C(C)(C)C)cc(C34CC5CC(CC(C5)C3)C4)c2O)c(O)c(C23CC4CC(CC(C4)C2)C3)c1. The minimum absolute atomic E-state index is 0.0430. The van der Waals surface area contributed by atoms with Crippen LogP contribution in [0.3, 0.4) is 0 Å². The minimum atomic E-state index is -0.0729. The molecule has 8 bridgehead atoms. The monoisotopic (exact) mass is 780 g/mol. The second kappa shape index (κ2) is 14.1. The van der Waals surface area contributed by atoms with Crippen molar-refractivity contribution in [2.75, 3.05) is 13.1 Å². The average Bonchev–Trinajstić information content (AvgIpc) is 3.53. The Kier molecular flexibility index (Phi) is 9.40. The lowest BCUT2D eigenvalue weighted by molar-refractivity contribution is -0.00635. The van der Waals surface area contributed by atoms with Gasteiger partial charge in [0.25, 0.3) is 0 Å². The molecule has 9 fully saturated rings. The van der Waals surface area contributed by atoms with E-state index in [9.17, 15) is 10.2 Å². The molecule has 1 aliphatic heterocycles. The third-order valence-electron chi connectivity index (χ3n) is 16.6. The maximum atomic E-state index is 12.3. The number of aromatic hydroxyl groups is 2. The highest BCUT2D eigenvalue weighted by Crippen LogP contribution is 2.63. The molecule has 308 valence electrons. The van der Waals surface area contributed by atoms with Crippen LogP contribution in [0.1, 0.15) is 158 Å². The summed E-state index contributed by atoms with van der Waals surface area (Å²) < 4.78 is 0. The van der Waals surface area contributed by atoms with Crippen LogP contribution in [0, 0.1) is 35.5 Å². The molecule has 0 unspecified atom stereocenters. The smallest absolute Gasteiger partial charge is 0.128 e. The highest BCUT2D eigenvalue weighted by molar-refractivity contribution is 5.86. The van der Waals surface area contributed by atoms with Gasteiger partial charge in [-0.1, -0.05) is 84.0 Å². The summed E-state index contributed by atoms with van der Waals surface area (Å²) in [5.41, 5.74) is 8.06. The number of nitrogens with zero attached hydrogens (tertiary/aromatic N) is 3. The number of hydrogen-bond donors (Lipinski definition) is 2. The standard InChI is InChI=1S/C53H69N3O2/c1-50(2,3)42-18-40(48(57)44(20-42)52-22-34-12-35(23-52)14-36(13-34)24-52)28-54-46-31-56(30-33-10-8-7-9-11-33)32-47(46)55-29-41-19-43(51(4,5)6)21-45(49(41)58)53-25-37-15-38(26-53)17-39(16-37)27-53/h7-11,18-21,28-29,34-39,46-47,57-58H,12-17,22-27,30-32H2,1-6H3/t34?,35?,36?,37?,38?,39?,46-,47-,52?,53?/m1/s1. The Morgan fingerprint density at radius 1 is 0.569 bits per heavy atom. The normalized spacial score (nSPS) is 35.6. The molecule has 0 amide bonds. The molecule has 3 aromatic rings. The molecule has 58 heavy (non-hydrogen) atoms. The Labute approximate surface area is 348 Å². The largest absolute Gasteiger partial charge is 0.507 e. The summed E-state index contributed by atoms with van der Waals surface area (Å²) in [5, 5.41) is 24.5. The second-order valence-electron chi connectivity index (χ2n) is 23.2. The number of rotatable bonds is 8. The highest BCUT2D eigenvalue weighted by Gasteiger charge is 2.54. The van der Waals surface area contributed by atoms with Gasteiger partial charge >= 0.3 is 0 Å². The number of benzene rings is 3. The van der Waals surface area contributed by atoms with E-state index in [1.54, 1.807) is 0 Å². The van der Waals surface area contributed by atoms with Gasteiger partial charge in [0.05, 0.1) is 12.1 Å². The summed E-state index contributed by atoms with van der Waals surface area (Å²) in [6, 6.07) is 19.8. The van der Waals surface area contributed by atoms with Crippen molar-refractivity contribution in [3.05, 3.63) is 93.5 Å². The van der Waals surface area contributed by atoms with E-state index in [4.69, 9.17) is 9.98 Å². The zero-order chi connectivity index (χ0) is 40.2. The first-order valence-corrected chi connectivity index (χ1v) is 23.2. The number of phenolic OH excluding ortho intramolecular Hbond substituents is 2. The van der Waals surface area contributed by atoms with Gasteiger partial charge in [0.2, 0.25) is 0 Å². The lowest BCUT2D eigenvalue weighted by atomic mass is 9.47. The van der Waals surface area contributed by atoms with Crippen molar-refractivity contribution < 1.29 is 10.2 Å². The Morgan fingerprint density at radius 2 is 0.931 bits per heavy atom. The van der Waals surface area contributed by atoms with Crippen LogP contribution in [0.25, 0.3) is 0 Å². The van der Waals surface area contributed by atoms with Crippen LogP contribution in [0.4, 0.5) is 0 Å². The summed E-state index contributed by atoms with van der Waals surface area (Å²) in [5.74, 6) is 5.75. The molecule has 5 nitrogen and oxygen atoms in total. The van der Waals surface area contributed by atoms with E-state index < -0.39 is 0 Å². The van der Waals surface area contributed by atoms with Crippen molar-refractivity contribution in [1.82, 2.24) is 4.90 Å². The van der Waals surface area contributed by atoms with Crippen molar-refractivity contribution in [3.63, 3.8) is 0 Å². The van der Waals surface area contributed by atoms with Crippen molar-refractivity contribution >= 4 is 12.4 Å². The van der Waals surface area contributed by atoms with Gasteiger partial charge in [0.15, 0.2) is 0 Å². The van der Waals surface area contributed by atoms with Crippen LogP contribution in [-0.2, 0) is 28.2 Å². The molecular weight excluding hydrogens is 711 g/mol. The van der Waals surface area contributed by atoms with Crippen molar-refractivity contribution in [3.8, 4) is 11.5 Å². The number of likely N-dealkylation sites (tertiary alicyclic amines) is 1. The third-order valence-corrected chi connectivity index (χ3v) is 16.6. The van der Waals surface area contributed by atoms with E-state index in [1.807, 2.05) is 12.4 Å². The molecule has 2 N–H and O–H groups in total. The Balaban J connectivity index is 0.998. The van der Waals surface area contributed by atoms with E-state index in [2.05, 4.69) is 101 Å². The molecule has 8 aliphatic carbocycles. The third kappa shape index (κ3) is 7.07. The zero-order valence-corrected chi connectivity index (χ0v) is 36.3. The first-order chi connectivity index (χ1) is 27.6. The van der Waals surface area contributed by atoms with Crippen molar-refractivity contribution in [2.24, 2.45) is 45.5 Å². The van der Waals surface area contributed by atoms with Gasteiger partial charge < -0.3 is 10.2 Å². The van der Waals surface area contributed by atoms with E-state index in [0.717, 1.165) is 66.3 Å². The van der Waals surface area contributed by atoms with Crippen LogP contribution in [0.2, 0.25) is 0 Å². The first kappa shape index (κ1) is 38.7. The van der Waals surface area contributed by atoms with Gasteiger partial charge in [-0.25, -0.2) is 0 Å². The lowest BCUT2D eigenvalue weighted by Gasteiger charge is -2.57. The Morgan fingerprint density at radius 3 is 1.28 bits per heavy atom. The van der Waals surface area contributed by atoms with Crippen LogP contribution < -0.4 is 0 Å². The maximum Gasteiger partial charge on any atom is 0.128 e. The lowest BCUT2D eigenvalue weighted by Crippen LogP contribution is -2.48. The predicted octanol–water partition coefficient (Wildman–Crippen LogP) is 11.4. The average molecular weight is 780 g/mol. The second-order valence-corrected chi connectivity index (χ2v) is 23.2. The summed E-state index contributed by atoms with van der Waals surface area (Å²) in [6.45, 7) is 16.2. The van der Waals surface area contributed by atoms with Crippen molar-refractivity contribution in [1.29, 1.82) is 0 Å². The topological polar surface area (TPSA) is 68.4 Å². The van der Waals surface area contributed by atoms with Gasteiger partial charge in [0.1, 0.15) is 11.5 Å². The fraction of sp³-hybridized carbons (Fsp3) is 0.623. The summed E-state index contributed by atoms with van der Waals surface area (Å²) >= 11 is 0. The fourth-order valence-electron chi connectivity index (χ4n) is 14.5. The molecule has 8 saturated carbocycles. The zero-order valence-electron chi connectivity index (χ0n) is 36.3. The van der Waals surface area contributed by atoms with E-state index in [1.165, 1.54) is 105 Å². The van der Waals surface area contributed by atoms with E-state index >= 15 is 0 Å². The molecule has 0 spiro atoms. The fourth-order valence-corrected chi connectivity index (χ4v) is 14.5. The summed E-state index contributed by atoms with van der Waals surface area (Å²) in [6.07, 6.45) is 19.6. The minimum Gasteiger partial charge on any atom is -0.507 e. The van der Waals surface area contributed by atoms with Crippen LogP contribution in [0.5, 0.6) is 11.5 Å². The molecular formula is C53H69N3O2. The van der Waals surface area contributed by atoms with E-state index in [-0.39, 0.29) is 33.7 Å². The van der Waals surface area contributed by atoms with Gasteiger partial charge in [0, 0.05) is 54.3 Å². The Bertz CT molecular complexity index is 1900. The summed E-state index contributed by atoms with van der Waals surface area (Å²) in [4.78, 5) is 13.2. The number of phenols is 2. The van der Waals surface area contributed by atoms with Crippen molar-refractivity contribution in [2.45, 2.75) is 159 Å². The molecule has 0 aromatic heterocycles. The van der Waals surface area contributed by atoms with Crippen LogP contribution in [0.15, 0.2) is 64.6 Å². The summed E-state index contributed by atoms with van der Waals surface area (Å²) in [7, 11) is 0. The van der Waals surface area contributed by atoms with Crippen LogP contribution >= 0.6 is 0 Å². The molecule has 2 atom stereocenters. The molecule has 9 aliphatic rings. The first-order valence-electron chi connectivity index (χ1n) is 23.2. The number of hydrogen-bond acceptors (Lipinski definition) is 5.